The summed E-state index contributed by atoms with van der Waals surface area (Å²) in [7, 11) is 0. The molecule has 1 aromatic heterocycles. The van der Waals surface area contributed by atoms with E-state index in [2.05, 4.69) is 25.8 Å². The minimum absolute atomic E-state index is 0.293. The highest BCUT2D eigenvalue weighted by Crippen LogP contribution is 2.31. The van der Waals surface area contributed by atoms with Gasteiger partial charge in [0.2, 0.25) is 0 Å². The second-order valence-corrected chi connectivity index (χ2v) is 6.98. The van der Waals surface area contributed by atoms with Gasteiger partial charge in [-0.15, -0.1) is 0 Å². The van der Waals surface area contributed by atoms with Crippen LogP contribution in [0.3, 0.4) is 0 Å². The van der Waals surface area contributed by atoms with E-state index in [-0.39, 0.29) is 5.82 Å². The van der Waals surface area contributed by atoms with E-state index in [9.17, 15) is 4.39 Å². The van der Waals surface area contributed by atoms with Gasteiger partial charge >= 0.3 is 0 Å². The predicted molar refractivity (Wildman–Crippen MR) is 98.7 cm³/mol. The lowest BCUT2D eigenvalue weighted by atomic mass is 10.1. The summed E-state index contributed by atoms with van der Waals surface area (Å²) in [5.74, 6) is 1.06. The summed E-state index contributed by atoms with van der Waals surface area (Å²) < 4.78 is 15.2. The Morgan fingerprint density at radius 2 is 1.75 bits per heavy atom. The quantitative estimate of drug-likeness (QED) is 0.607. The first kappa shape index (κ1) is 15.5. The van der Waals surface area contributed by atoms with Crippen molar-refractivity contribution in [1.29, 1.82) is 0 Å². The average Bonchev–Trinajstić information content (AvgIpc) is 2.62. The maximum absolute atomic E-state index is 14.2. The molecule has 0 amide bonds. The van der Waals surface area contributed by atoms with Crippen LogP contribution in [0.25, 0.3) is 22.3 Å². The summed E-state index contributed by atoms with van der Waals surface area (Å²) in [6, 6.07) is 12.6. The van der Waals surface area contributed by atoms with Gasteiger partial charge in [-0.2, -0.15) is 0 Å². The molecule has 1 saturated heterocycles. The Morgan fingerprint density at radius 1 is 0.958 bits per heavy atom. The van der Waals surface area contributed by atoms with E-state index in [4.69, 9.17) is 4.98 Å². The van der Waals surface area contributed by atoms with Crippen molar-refractivity contribution in [1.82, 2.24) is 9.97 Å². The molecule has 0 N–H and O–H groups in total. The molecule has 0 unspecified atom stereocenters. The fourth-order valence-corrected chi connectivity index (χ4v) is 3.56. The van der Waals surface area contributed by atoms with Gasteiger partial charge in [-0.25, -0.2) is 14.4 Å². The summed E-state index contributed by atoms with van der Waals surface area (Å²) in [6.07, 6.45) is 3.58. The number of anilines is 1. The maximum Gasteiger partial charge on any atom is 0.165 e. The van der Waals surface area contributed by atoms with Gasteiger partial charge in [0.15, 0.2) is 5.82 Å². The zero-order chi connectivity index (χ0) is 16.5. The van der Waals surface area contributed by atoms with E-state index in [1.54, 1.807) is 12.1 Å². The van der Waals surface area contributed by atoms with Crippen LogP contribution in [-0.2, 0) is 0 Å². The number of halogens is 2. The van der Waals surface area contributed by atoms with Crippen LogP contribution in [0.4, 0.5) is 10.2 Å². The first-order chi connectivity index (χ1) is 11.7. The average molecular weight is 386 g/mol. The molecular weight excluding hydrogens is 369 g/mol. The van der Waals surface area contributed by atoms with Crippen molar-refractivity contribution < 1.29 is 4.39 Å². The molecule has 1 aliphatic heterocycles. The first-order valence-electron chi connectivity index (χ1n) is 8.19. The molecule has 3 aromatic rings. The molecule has 1 fully saturated rings. The van der Waals surface area contributed by atoms with Crippen LogP contribution in [0.15, 0.2) is 46.9 Å². The number of benzene rings is 2. The van der Waals surface area contributed by atoms with Gasteiger partial charge in [0.25, 0.3) is 0 Å². The molecule has 2 heterocycles. The van der Waals surface area contributed by atoms with E-state index >= 15 is 0 Å². The van der Waals surface area contributed by atoms with Crippen molar-refractivity contribution in [2.24, 2.45) is 0 Å². The number of hydrogen-bond acceptors (Lipinski definition) is 3. The minimum atomic E-state index is -0.293. The molecular formula is C19H17BrFN3. The van der Waals surface area contributed by atoms with E-state index in [0.717, 1.165) is 47.1 Å². The van der Waals surface area contributed by atoms with Crippen LogP contribution in [0, 0.1) is 5.82 Å². The normalized spacial score (nSPS) is 15.0. The number of hydrogen-bond donors (Lipinski definition) is 0. The highest BCUT2D eigenvalue weighted by molar-refractivity contribution is 9.10. The Balaban J connectivity index is 1.93. The molecule has 2 aromatic carbocycles. The van der Waals surface area contributed by atoms with Crippen molar-refractivity contribution in [2.45, 2.75) is 19.3 Å². The molecule has 4 rings (SSSR count). The Bertz CT molecular complexity index is 891. The van der Waals surface area contributed by atoms with E-state index < -0.39 is 0 Å². The van der Waals surface area contributed by atoms with Crippen LogP contribution in [0.1, 0.15) is 19.3 Å². The van der Waals surface area contributed by atoms with Gasteiger partial charge in [0, 0.05) is 22.9 Å². The summed E-state index contributed by atoms with van der Waals surface area (Å²) in [5.41, 5.74) is 1.28. The van der Waals surface area contributed by atoms with Crippen LogP contribution >= 0.6 is 15.9 Å². The summed E-state index contributed by atoms with van der Waals surface area (Å²) in [6.45, 7) is 1.96. The van der Waals surface area contributed by atoms with E-state index in [0.29, 0.717) is 11.4 Å². The predicted octanol–water partition coefficient (Wildman–Crippen LogP) is 5.19. The van der Waals surface area contributed by atoms with Crippen LogP contribution < -0.4 is 4.90 Å². The number of piperidine rings is 1. The molecule has 0 aliphatic carbocycles. The third-order valence-corrected chi connectivity index (χ3v) is 4.90. The van der Waals surface area contributed by atoms with Crippen molar-refractivity contribution in [3.8, 4) is 11.4 Å². The third-order valence-electron chi connectivity index (χ3n) is 4.41. The van der Waals surface area contributed by atoms with Crippen LogP contribution in [0.5, 0.6) is 0 Å². The SMILES string of the molecule is Fc1ccccc1-c1nc(N2CCCCC2)c2cc(Br)ccc2n1. The van der Waals surface area contributed by atoms with Crippen LogP contribution in [0.2, 0.25) is 0 Å². The van der Waals surface area contributed by atoms with E-state index in [1.807, 2.05) is 24.3 Å². The smallest absolute Gasteiger partial charge is 0.165 e. The van der Waals surface area contributed by atoms with Gasteiger partial charge in [0.05, 0.1) is 11.1 Å². The fourth-order valence-electron chi connectivity index (χ4n) is 3.19. The molecule has 3 nitrogen and oxygen atoms in total. The summed E-state index contributed by atoms with van der Waals surface area (Å²) in [5, 5.41) is 1.01. The van der Waals surface area contributed by atoms with Gasteiger partial charge in [-0.3, -0.25) is 0 Å². The molecule has 0 bridgehead atoms. The van der Waals surface area contributed by atoms with Gasteiger partial charge in [-0.05, 0) is 49.6 Å². The highest BCUT2D eigenvalue weighted by Gasteiger charge is 2.19. The van der Waals surface area contributed by atoms with Crippen molar-refractivity contribution in [3.05, 3.63) is 52.8 Å². The van der Waals surface area contributed by atoms with Crippen molar-refractivity contribution in [3.63, 3.8) is 0 Å². The highest BCUT2D eigenvalue weighted by atomic mass is 79.9. The van der Waals surface area contributed by atoms with Crippen LogP contribution in [-0.4, -0.2) is 23.1 Å². The van der Waals surface area contributed by atoms with Crippen molar-refractivity contribution >= 4 is 32.7 Å². The molecule has 0 spiro atoms. The lowest BCUT2D eigenvalue weighted by Crippen LogP contribution is -2.30. The standard InChI is InChI=1S/C19H17BrFN3/c20-13-8-9-17-15(12-13)19(24-10-4-1-5-11-24)23-18(22-17)14-6-2-3-7-16(14)21/h2-3,6-9,12H,1,4-5,10-11H2. The molecule has 0 atom stereocenters. The third kappa shape index (κ3) is 2.88. The molecule has 5 heteroatoms. The van der Waals surface area contributed by atoms with Gasteiger partial charge in [0.1, 0.15) is 11.6 Å². The Hall–Kier alpha value is -2.01. The zero-order valence-electron chi connectivity index (χ0n) is 13.2. The number of aromatic nitrogens is 2. The summed E-state index contributed by atoms with van der Waals surface area (Å²) >= 11 is 3.53. The minimum Gasteiger partial charge on any atom is -0.356 e. The van der Waals surface area contributed by atoms with Gasteiger partial charge in [-0.1, -0.05) is 28.1 Å². The number of rotatable bonds is 2. The topological polar surface area (TPSA) is 29.0 Å². The van der Waals surface area contributed by atoms with E-state index in [1.165, 1.54) is 12.5 Å². The maximum atomic E-state index is 14.2. The molecule has 24 heavy (non-hydrogen) atoms. The fraction of sp³-hybridized carbons (Fsp3) is 0.263. The van der Waals surface area contributed by atoms with Crippen molar-refractivity contribution in [2.75, 3.05) is 18.0 Å². The lowest BCUT2D eigenvalue weighted by molar-refractivity contribution is 0.574. The lowest BCUT2D eigenvalue weighted by Gasteiger charge is -2.29. The Morgan fingerprint density at radius 3 is 2.54 bits per heavy atom. The molecule has 122 valence electrons. The largest absolute Gasteiger partial charge is 0.356 e. The second-order valence-electron chi connectivity index (χ2n) is 6.06. The monoisotopic (exact) mass is 385 g/mol. The number of nitrogens with zero attached hydrogens (tertiary/aromatic N) is 3. The zero-order valence-corrected chi connectivity index (χ0v) is 14.8. The molecule has 1 aliphatic rings. The Labute approximate surface area is 148 Å². The summed E-state index contributed by atoms with van der Waals surface area (Å²) in [4.78, 5) is 11.7. The van der Waals surface area contributed by atoms with Gasteiger partial charge < -0.3 is 4.90 Å². The first-order valence-corrected chi connectivity index (χ1v) is 8.99. The Kier molecular flexibility index (Phi) is 4.19. The second kappa shape index (κ2) is 6.48. The molecule has 0 saturated carbocycles. The molecule has 0 radical (unpaired) electrons. The number of fused-ring (bicyclic) bond motifs is 1.